The minimum atomic E-state index is -0.0843. The largest absolute Gasteiger partial charge is 0.391 e. The molecule has 11 heavy (non-hydrogen) atoms. The molecule has 0 atom stereocenters. The minimum Gasteiger partial charge on any atom is -0.391 e. The van der Waals surface area contributed by atoms with E-state index in [0.717, 1.165) is 0 Å². The van der Waals surface area contributed by atoms with Gasteiger partial charge in [-0.3, -0.25) is 0 Å². The van der Waals surface area contributed by atoms with Crippen LogP contribution in [0.5, 0.6) is 0 Å². The molecule has 1 N–H and O–H groups in total. The molecule has 0 spiro atoms. The van der Waals surface area contributed by atoms with Crippen LogP contribution in [0.3, 0.4) is 0 Å². The predicted octanol–water partition coefficient (Wildman–Crippen LogP) is 3.69. The molecule has 0 saturated carbocycles. The number of allylic oxidation sites excluding steroid dienone is 2. The highest BCUT2D eigenvalue weighted by atomic mass is 79.9. The van der Waals surface area contributed by atoms with Gasteiger partial charge >= 0.3 is 0 Å². The van der Waals surface area contributed by atoms with Crippen LogP contribution in [0.1, 0.15) is 6.92 Å². The molecule has 0 aromatic carbocycles. The third kappa shape index (κ3) is 3.95. The summed E-state index contributed by atoms with van der Waals surface area (Å²) in [5.41, 5.74) is 0.689. The summed E-state index contributed by atoms with van der Waals surface area (Å²) in [7, 11) is 0. The number of aliphatic hydroxyl groups excluding tert-OH is 1. The van der Waals surface area contributed by atoms with Gasteiger partial charge < -0.3 is 5.11 Å². The normalized spacial score (nSPS) is 12.5. The molecule has 0 amide bonds. The van der Waals surface area contributed by atoms with E-state index in [1.54, 1.807) is 6.92 Å². The van der Waals surface area contributed by atoms with E-state index in [1.807, 2.05) is 0 Å². The first-order valence-electron chi connectivity index (χ1n) is 2.68. The summed E-state index contributed by atoms with van der Waals surface area (Å²) in [5.74, 6) is 0. The van der Waals surface area contributed by atoms with Gasteiger partial charge in [0.25, 0.3) is 0 Å². The molecule has 0 rings (SSSR count). The molecule has 0 bridgehead atoms. The Morgan fingerprint density at radius 2 is 1.82 bits per heavy atom. The van der Waals surface area contributed by atoms with Crippen LogP contribution in [0.25, 0.3) is 0 Å². The molecule has 64 valence electrons. The van der Waals surface area contributed by atoms with Gasteiger partial charge in [0, 0.05) is 8.96 Å². The Kier molecular flexibility index (Phi) is 6.09. The molecular weight excluding hydrogens is 319 g/mol. The number of halogens is 4. The quantitative estimate of drug-likeness (QED) is 0.768. The van der Waals surface area contributed by atoms with Crippen molar-refractivity contribution in [1.82, 2.24) is 0 Å². The van der Waals surface area contributed by atoms with Gasteiger partial charge in [-0.25, -0.2) is 0 Å². The van der Waals surface area contributed by atoms with Crippen LogP contribution < -0.4 is 0 Å². The van der Waals surface area contributed by atoms with E-state index in [-0.39, 0.29) is 11.1 Å². The second-order valence-electron chi connectivity index (χ2n) is 1.76. The maximum atomic E-state index is 8.69. The van der Waals surface area contributed by atoms with E-state index in [4.69, 9.17) is 28.3 Å². The zero-order valence-electron chi connectivity index (χ0n) is 5.67. The van der Waals surface area contributed by atoms with Crippen molar-refractivity contribution in [3.8, 4) is 0 Å². The Hall–Kier alpha value is 0.980. The second kappa shape index (κ2) is 5.60. The van der Waals surface area contributed by atoms with Gasteiger partial charge in [-0.2, -0.15) is 0 Å². The molecular formula is C6H6Br2Cl2O. The Labute approximate surface area is 92.3 Å². The first-order chi connectivity index (χ1) is 5.00. The molecule has 0 aliphatic rings. The standard InChI is InChI=1S/C6H6Br2Cl2O/c1-3(6(9)10)5(8)4(7)2-11/h11H,2H2,1H3/b5-4+. The lowest BCUT2D eigenvalue weighted by molar-refractivity contribution is 0.340. The summed E-state index contributed by atoms with van der Waals surface area (Å²) in [6, 6.07) is 0. The molecule has 5 heteroatoms. The van der Waals surface area contributed by atoms with Crippen molar-refractivity contribution in [2.24, 2.45) is 0 Å². The van der Waals surface area contributed by atoms with E-state index in [1.165, 1.54) is 0 Å². The van der Waals surface area contributed by atoms with Crippen LogP contribution >= 0.6 is 55.1 Å². The topological polar surface area (TPSA) is 20.2 Å². The van der Waals surface area contributed by atoms with Crippen LogP contribution in [0.15, 0.2) is 19.0 Å². The summed E-state index contributed by atoms with van der Waals surface area (Å²) in [6.07, 6.45) is 0. The van der Waals surface area contributed by atoms with Crippen molar-refractivity contribution in [3.05, 3.63) is 19.0 Å². The number of aliphatic hydroxyl groups is 1. The Morgan fingerprint density at radius 1 is 1.36 bits per heavy atom. The molecule has 1 nitrogen and oxygen atoms in total. The highest BCUT2D eigenvalue weighted by Gasteiger charge is 2.04. The summed E-state index contributed by atoms with van der Waals surface area (Å²) < 4.78 is 1.48. The van der Waals surface area contributed by atoms with Crippen LogP contribution in [0, 0.1) is 0 Å². The number of hydrogen-bond donors (Lipinski definition) is 1. The minimum absolute atomic E-state index is 0.0843. The van der Waals surface area contributed by atoms with Crippen molar-refractivity contribution in [1.29, 1.82) is 0 Å². The molecule has 0 aromatic heterocycles. The van der Waals surface area contributed by atoms with E-state index < -0.39 is 0 Å². The lowest BCUT2D eigenvalue weighted by Gasteiger charge is -2.01. The maximum Gasteiger partial charge on any atom is 0.110 e. The second-order valence-corrected chi connectivity index (χ2v) is 4.46. The molecule has 0 aliphatic carbocycles. The fourth-order valence-electron chi connectivity index (χ4n) is 0.356. The van der Waals surface area contributed by atoms with Crippen molar-refractivity contribution in [2.75, 3.05) is 6.61 Å². The van der Waals surface area contributed by atoms with Crippen molar-refractivity contribution < 1.29 is 5.11 Å². The van der Waals surface area contributed by atoms with E-state index in [2.05, 4.69) is 31.9 Å². The molecule has 0 heterocycles. The highest BCUT2D eigenvalue weighted by Crippen LogP contribution is 2.29. The van der Waals surface area contributed by atoms with Crippen molar-refractivity contribution in [3.63, 3.8) is 0 Å². The predicted molar refractivity (Wildman–Crippen MR) is 56.4 cm³/mol. The van der Waals surface area contributed by atoms with E-state index >= 15 is 0 Å². The number of hydrogen-bond acceptors (Lipinski definition) is 1. The lowest BCUT2D eigenvalue weighted by atomic mass is 10.3. The zero-order chi connectivity index (χ0) is 9.02. The van der Waals surface area contributed by atoms with Gasteiger partial charge in [0.1, 0.15) is 4.49 Å². The van der Waals surface area contributed by atoms with E-state index in [9.17, 15) is 0 Å². The molecule has 0 fully saturated rings. The van der Waals surface area contributed by atoms with Gasteiger partial charge in [0.15, 0.2) is 0 Å². The van der Waals surface area contributed by atoms with Gasteiger partial charge in [-0.1, -0.05) is 39.1 Å². The summed E-state index contributed by atoms with van der Waals surface area (Å²) in [5, 5.41) is 8.69. The SMILES string of the molecule is CC(=C(Cl)Cl)/C(Br)=C(\Br)CO. The zero-order valence-corrected chi connectivity index (χ0v) is 10.4. The van der Waals surface area contributed by atoms with Gasteiger partial charge in [0.2, 0.25) is 0 Å². The molecule has 0 radical (unpaired) electrons. The van der Waals surface area contributed by atoms with Crippen LogP contribution in [-0.2, 0) is 0 Å². The average molecular weight is 325 g/mol. The van der Waals surface area contributed by atoms with Crippen LogP contribution in [0.4, 0.5) is 0 Å². The fourth-order valence-corrected chi connectivity index (χ4v) is 1.39. The summed E-state index contributed by atoms with van der Waals surface area (Å²) in [4.78, 5) is 0. The summed E-state index contributed by atoms with van der Waals surface area (Å²) >= 11 is 17.4. The molecule has 0 unspecified atom stereocenters. The van der Waals surface area contributed by atoms with Gasteiger partial charge in [0.05, 0.1) is 6.61 Å². The first kappa shape index (κ1) is 12.0. The maximum absolute atomic E-state index is 8.69. The van der Waals surface area contributed by atoms with Gasteiger partial charge in [-0.05, 0) is 28.4 Å². The van der Waals surface area contributed by atoms with Crippen molar-refractivity contribution >= 4 is 55.1 Å². The third-order valence-corrected chi connectivity index (χ3v) is 3.81. The molecule has 0 saturated heterocycles. The average Bonchev–Trinajstić information content (AvgIpc) is 2.00. The third-order valence-electron chi connectivity index (χ3n) is 0.990. The van der Waals surface area contributed by atoms with E-state index in [0.29, 0.717) is 14.5 Å². The Bertz CT molecular complexity index is 207. The fraction of sp³-hybridized carbons (Fsp3) is 0.333. The Morgan fingerprint density at radius 3 is 2.09 bits per heavy atom. The summed E-state index contributed by atoms with van der Waals surface area (Å²) in [6.45, 7) is 1.66. The smallest absolute Gasteiger partial charge is 0.110 e. The van der Waals surface area contributed by atoms with Crippen LogP contribution in [-0.4, -0.2) is 11.7 Å². The number of rotatable bonds is 2. The monoisotopic (exact) mass is 322 g/mol. The van der Waals surface area contributed by atoms with Crippen LogP contribution in [0.2, 0.25) is 0 Å². The first-order valence-corrected chi connectivity index (χ1v) is 5.02. The highest BCUT2D eigenvalue weighted by molar-refractivity contribution is 9.14. The van der Waals surface area contributed by atoms with Crippen molar-refractivity contribution in [2.45, 2.75) is 6.92 Å². The van der Waals surface area contributed by atoms with Gasteiger partial charge in [-0.15, -0.1) is 0 Å². The molecule has 0 aromatic rings. The Balaban J connectivity index is 4.75. The lowest BCUT2D eigenvalue weighted by Crippen LogP contribution is -1.86. The molecule has 0 aliphatic heterocycles.